The van der Waals surface area contributed by atoms with Gasteiger partial charge in [0.15, 0.2) is 0 Å². The lowest BCUT2D eigenvalue weighted by atomic mass is 10.1. The van der Waals surface area contributed by atoms with Crippen LogP contribution in [0.5, 0.6) is 0 Å². The summed E-state index contributed by atoms with van der Waals surface area (Å²) in [5.74, 6) is -0.911. The molecule has 0 radical (unpaired) electrons. The largest absolute Gasteiger partial charge is 0.417 e. The van der Waals surface area contributed by atoms with Gasteiger partial charge in [-0.05, 0) is 31.2 Å². The van der Waals surface area contributed by atoms with Gasteiger partial charge in [0.25, 0.3) is 5.91 Å². The molecule has 26 heavy (non-hydrogen) atoms. The van der Waals surface area contributed by atoms with Crippen LogP contribution in [0.1, 0.15) is 21.6 Å². The van der Waals surface area contributed by atoms with Crippen molar-refractivity contribution < 1.29 is 18.0 Å². The summed E-state index contributed by atoms with van der Waals surface area (Å²) in [5, 5.41) is 2.47. The summed E-state index contributed by atoms with van der Waals surface area (Å²) in [6.45, 7) is 1.69. The molecule has 1 aromatic heterocycles. The Hall–Kier alpha value is -3.29. The maximum atomic E-state index is 13.1. The number of H-pyrrole nitrogens is 1. The average molecular weight is 361 g/mol. The van der Waals surface area contributed by atoms with Crippen molar-refractivity contribution in [3.05, 3.63) is 82.0 Å². The number of benzene rings is 2. The van der Waals surface area contributed by atoms with E-state index in [9.17, 15) is 22.8 Å². The Bertz CT molecular complexity index is 1020. The summed E-state index contributed by atoms with van der Waals surface area (Å²) in [7, 11) is 0. The van der Waals surface area contributed by atoms with E-state index >= 15 is 0 Å². The number of rotatable bonds is 3. The standard InChI is InChI=1S/C18H14F3N3O2/c1-11-10-22-17(26)24(11)15-9-5-4-8-14(15)23-16(25)12-6-2-3-7-13(12)18(19,20)21/h2-10H,1H3,(H,22,26)(H,23,25). The smallest absolute Gasteiger partial charge is 0.320 e. The quantitative estimate of drug-likeness (QED) is 0.746. The van der Waals surface area contributed by atoms with Crippen LogP contribution in [0.15, 0.2) is 59.5 Å². The molecule has 2 aromatic carbocycles. The summed E-state index contributed by atoms with van der Waals surface area (Å²) >= 11 is 0. The fourth-order valence-corrected chi connectivity index (χ4v) is 2.65. The summed E-state index contributed by atoms with van der Waals surface area (Å²) in [6, 6.07) is 10.9. The minimum Gasteiger partial charge on any atom is -0.320 e. The molecule has 0 saturated carbocycles. The molecule has 3 rings (SSSR count). The summed E-state index contributed by atoms with van der Waals surface area (Å²) in [6.07, 6.45) is -3.15. The molecular formula is C18H14F3N3O2. The molecule has 1 amide bonds. The van der Waals surface area contributed by atoms with Gasteiger partial charge in [-0.1, -0.05) is 24.3 Å². The highest BCUT2D eigenvalue weighted by Gasteiger charge is 2.34. The molecule has 0 aliphatic rings. The van der Waals surface area contributed by atoms with Gasteiger partial charge in [0.05, 0.1) is 22.5 Å². The Morgan fingerprint density at radius 2 is 1.73 bits per heavy atom. The first-order valence-corrected chi connectivity index (χ1v) is 7.63. The molecule has 0 atom stereocenters. The second-order valence-electron chi connectivity index (χ2n) is 5.59. The zero-order valence-electron chi connectivity index (χ0n) is 13.6. The van der Waals surface area contributed by atoms with E-state index in [0.717, 1.165) is 12.1 Å². The molecule has 0 spiro atoms. The van der Waals surface area contributed by atoms with Gasteiger partial charge in [-0.2, -0.15) is 13.2 Å². The average Bonchev–Trinajstić information content (AvgIpc) is 2.93. The summed E-state index contributed by atoms with van der Waals surface area (Å²) in [5.41, 5.74) is -0.765. The van der Waals surface area contributed by atoms with E-state index in [-0.39, 0.29) is 5.69 Å². The second kappa shape index (κ2) is 6.55. The molecule has 1 heterocycles. The normalized spacial score (nSPS) is 11.4. The third-order valence-electron chi connectivity index (χ3n) is 3.83. The fraction of sp³-hybridized carbons (Fsp3) is 0.111. The van der Waals surface area contributed by atoms with Gasteiger partial charge in [0, 0.05) is 11.9 Å². The highest BCUT2D eigenvalue weighted by atomic mass is 19.4. The van der Waals surface area contributed by atoms with Crippen LogP contribution in [-0.2, 0) is 6.18 Å². The number of carbonyl (C=O) groups excluding carboxylic acids is 1. The van der Waals surface area contributed by atoms with Crippen molar-refractivity contribution in [2.45, 2.75) is 13.1 Å². The van der Waals surface area contributed by atoms with E-state index in [2.05, 4.69) is 10.3 Å². The highest BCUT2D eigenvalue weighted by molar-refractivity contribution is 6.06. The van der Waals surface area contributed by atoms with Crippen LogP contribution < -0.4 is 11.0 Å². The van der Waals surface area contributed by atoms with Crippen molar-refractivity contribution in [1.82, 2.24) is 9.55 Å². The van der Waals surface area contributed by atoms with Crippen LogP contribution >= 0.6 is 0 Å². The fourth-order valence-electron chi connectivity index (χ4n) is 2.65. The van der Waals surface area contributed by atoms with Gasteiger partial charge in [-0.3, -0.25) is 9.36 Å². The topological polar surface area (TPSA) is 66.9 Å². The number of alkyl halides is 3. The summed E-state index contributed by atoms with van der Waals surface area (Å²) in [4.78, 5) is 27.0. The number of carbonyl (C=O) groups is 1. The number of imidazole rings is 1. The maximum Gasteiger partial charge on any atom is 0.417 e. The van der Waals surface area contributed by atoms with Crippen molar-refractivity contribution in [2.24, 2.45) is 0 Å². The first-order valence-electron chi connectivity index (χ1n) is 7.63. The second-order valence-corrected chi connectivity index (χ2v) is 5.59. The number of halogens is 3. The number of hydrogen-bond donors (Lipinski definition) is 2. The number of aromatic nitrogens is 2. The Balaban J connectivity index is 2.02. The van der Waals surface area contributed by atoms with Gasteiger partial charge in [0.1, 0.15) is 0 Å². The van der Waals surface area contributed by atoms with E-state index in [1.807, 2.05) is 0 Å². The number of aryl methyl sites for hydroxylation is 1. The third-order valence-corrected chi connectivity index (χ3v) is 3.83. The Labute approximate surface area is 146 Å². The van der Waals surface area contributed by atoms with Crippen LogP contribution in [0.3, 0.4) is 0 Å². The molecule has 0 fully saturated rings. The SMILES string of the molecule is Cc1c[nH]c(=O)n1-c1ccccc1NC(=O)c1ccccc1C(F)(F)F. The van der Waals surface area contributed by atoms with E-state index in [1.54, 1.807) is 25.1 Å². The molecular weight excluding hydrogens is 347 g/mol. The maximum absolute atomic E-state index is 13.1. The lowest BCUT2D eigenvalue weighted by Gasteiger charge is -2.15. The van der Waals surface area contributed by atoms with Crippen LogP contribution in [0.25, 0.3) is 5.69 Å². The van der Waals surface area contributed by atoms with Crippen molar-refractivity contribution >= 4 is 11.6 Å². The predicted molar refractivity (Wildman–Crippen MR) is 90.5 cm³/mol. The van der Waals surface area contributed by atoms with E-state index in [4.69, 9.17) is 0 Å². The zero-order valence-corrected chi connectivity index (χ0v) is 13.6. The van der Waals surface area contributed by atoms with E-state index in [0.29, 0.717) is 11.4 Å². The Morgan fingerprint density at radius 3 is 2.38 bits per heavy atom. The third kappa shape index (κ3) is 3.26. The number of aromatic amines is 1. The Kier molecular flexibility index (Phi) is 4.41. The van der Waals surface area contributed by atoms with Gasteiger partial charge >= 0.3 is 11.9 Å². The number of amides is 1. The first-order chi connectivity index (χ1) is 12.3. The van der Waals surface area contributed by atoms with Gasteiger partial charge in [-0.15, -0.1) is 0 Å². The molecule has 0 bridgehead atoms. The summed E-state index contributed by atoms with van der Waals surface area (Å²) < 4.78 is 40.7. The number of nitrogens with zero attached hydrogens (tertiary/aromatic N) is 1. The zero-order chi connectivity index (χ0) is 18.9. The van der Waals surface area contributed by atoms with Crippen molar-refractivity contribution in [3.63, 3.8) is 0 Å². The van der Waals surface area contributed by atoms with Gasteiger partial charge in [0.2, 0.25) is 0 Å². The molecule has 3 aromatic rings. The van der Waals surface area contributed by atoms with E-state index in [1.165, 1.54) is 29.0 Å². The van der Waals surface area contributed by atoms with Crippen molar-refractivity contribution in [3.8, 4) is 5.69 Å². The lowest BCUT2D eigenvalue weighted by molar-refractivity contribution is -0.137. The minimum absolute atomic E-state index is 0.222. The monoisotopic (exact) mass is 361 g/mol. The predicted octanol–water partition coefficient (Wildman–Crippen LogP) is 3.75. The molecule has 0 aliphatic heterocycles. The van der Waals surface area contributed by atoms with Crippen molar-refractivity contribution in [1.29, 1.82) is 0 Å². The van der Waals surface area contributed by atoms with E-state index < -0.39 is 28.9 Å². The lowest BCUT2D eigenvalue weighted by Crippen LogP contribution is -2.21. The van der Waals surface area contributed by atoms with Crippen LogP contribution in [0.2, 0.25) is 0 Å². The molecule has 134 valence electrons. The van der Waals surface area contributed by atoms with Crippen molar-refractivity contribution in [2.75, 3.05) is 5.32 Å². The minimum atomic E-state index is -4.65. The Morgan fingerprint density at radius 1 is 1.08 bits per heavy atom. The van der Waals surface area contributed by atoms with Crippen LogP contribution in [-0.4, -0.2) is 15.5 Å². The van der Waals surface area contributed by atoms with Crippen LogP contribution in [0.4, 0.5) is 18.9 Å². The number of para-hydroxylation sites is 2. The van der Waals surface area contributed by atoms with Gasteiger partial charge < -0.3 is 10.3 Å². The molecule has 2 N–H and O–H groups in total. The molecule has 0 unspecified atom stereocenters. The number of anilines is 1. The number of hydrogen-bond acceptors (Lipinski definition) is 2. The van der Waals surface area contributed by atoms with Gasteiger partial charge in [-0.25, -0.2) is 4.79 Å². The molecule has 0 saturated heterocycles. The first kappa shape index (κ1) is 17.5. The number of nitrogens with one attached hydrogen (secondary N) is 2. The molecule has 5 nitrogen and oxygen atoms in total. The molecule has 8 heteroatoms. The van der Waals surface area contributed by atoms with Crippen LogP contribution in [0, 0.1) is 6.92 Å². The molecule has 0 aliphatic carbocycles. The highest BCUT2D eigenvalue weighted by Crippen LogP contribution is 2.32.